The number of carbonyl (C=O) groups excluding carboxylic acids is 1. The standard InChI is InChI=1S/C22H26ClN7O2S/c1-14-21(17(23)3-4-24-14)28-22(32)18-13-25-20(33-18)12-16-11-19(27-15(2)26-16)30-7-5-29(6-8-30)9-10-31/h3-4,11,13,31H,5-10,12H2,1-2H3,(H,28,32). The van der Waals surface area contributed by atoms with Crippen molar-refractivity contribution in [2.24, 2.45) is 0 Å². The maximum absolute atomic E-state index is 12.7. The van der Waals surface area contributed by atoms with Gasteiger partial charge in [0, 0.05) is 51.4 Å². The molecule has 3 aromatic rings. The normalized spacial score (nSPS) is 14.5. The summed E-state index contributed by atoms with van der Waals surface area (Å²) in [6.45, 7) is 8.06. The molecule has 2 N–H and O–H groups in total. The lowest BCUT2D eigenvalue weighted by atomic mass is 10.2. The van der Waals surface area contributed by atoms with Crippen LogP contribution >= 0.6 is 22.9 Å². The van der Waals surface area contributed by atoms with Gasteiger partial charge in [-0.15, -0.1) is 11.3 Å². The number of piperazine rings is 1. The molecule has 11 heteroatoms. The molecule has 4 rings (SSSR count). The van der Waals surface area contributed by atoms with Gasteiger partial charge in [-0.3, -0.25) is 14.7 Å². The Morgan fingerprint density at radius 2 is 2.00 bits per heavy atom. The minimum atomic E-state index is -0.267. The van der Waals surface area contributed by atoms with Gasteiger partial charge in [0.2, 0.25) is 0 Å². The van der Waals surface area contributed by atoms with Crippen molar-refractivity contribution < 1.29 is 9.90 Å². The largest absolute Gasteiger partial charge is 0.395 e. The smallest absolute Gasteiger partial charge is 0.267 e. The van der Waals surface area contributed by atoms with E-state index in [1.807, 2.05) is 13.0 Å². The average molecular weight is 488 g/mol. The van der Waals surface area contributed by atoms with Gasteiger partial charge in [-0.1, -0.05) is 11.6 Å². The quantitative estimate of drug-likeness (QED) is 0.523. The van der Waals surface area contributed by atoms with Crippen molar-refractivity contribution in [3.63, 3.8) is 0 Å². The Hall–Kier alpha value is -2.66. The minimum Gasteiger partial charge on any atom is -0.395 e. The highest BCUT2D eigenvalue weighted by molar-refractivity contribution is 7.13. The van der Waals surface area contributed by atoms with Gasteiger partial charge in [-0.05, 0) is 19.9 Å². The zero-order chi connectivity index (χ0) is 23.4. The number of thiazole rings is 1. The summed E-state index contributed by atoms with van der Waals surface area (Å²) in [5.74, 6) is 1.34. The van der Waals surface area contributed by atoms with Gasteiger partial charge in [-0.25, -0.2) is 15.0 Å². The van der Waals surface area contributed by atoms with E-state index in [2.05, 4.69) is 35.1 Å². The molecule has 1 fully saturated rings. The SMILES string of the molecule is Cc1nc(Cc2ncc(C(=O)Nc3c(Cl)ccnc3C)s2)cc(N2CCN(CCO)CC2)n1. The van der Waals surface area contributed by atoms with Gasteiger partial charge in [0.25, 0.3) is 5.91 Å². The van der Waals surface area contributed by atoms with Gasteiger partial charge >= 0.3 is 0 Å². The summed E-state index contributed by atoms with van der Waals surface area (Å²) in [6.07, 6.45) is 3.70. The first-order valence-electron chi connectivity index (χ1n) is 10.7. The Bertz CT molecular complexity index is 1110. The van der Waals surface area contributed by atoms with E-state index >= 15 is 0 Å². The van der Waals surface area contributed by atoms with E-state index < -0.39 is 0 Å². The lowest BCUT2D eigenvalue weighted by Crippen LogP contribution is -2.47. The molecule has 1 saturated heterocycles. The first kappa shape index (κ1) is 23.5. The van der Waals surface area contributed by atoms with Crippen molar-refractivity contribution in [2.45, 2.75) is 20.3 Å². The Morgan fingerprint density at radius 3 is 2.73 bits per heavy atom. The number of pyridine rings is 1. The highest BCUT2D eigenvalue weighted by Crippen LogP contribution is 2.26. The van der Waals surface area contributed by atoms with E-state index in [4.69, 9.17) is 16.7 Å². The number of β-amino-alcohol motifs (C(OH)–C–C–N with tert-alkyl or cyclic N) is 1. The van der Waals surface area contributed by atoms with E-state index in [1.165, 1.54) is 11.3 Å². The summed E-state index contributed by atoms with van der Waals surface area (Å²) < 4.78 is 0. The Morgan fingerprint density at radius 1 is 1.21 bits per heavy atom. The zero-order valence-electron chi connectivity index (χ0n) is 18.6. The van der Waals surface area contributed by atoms with Crippen LogP contribution in [0.1, 0.15) is 31.9 Å². The van der Waals surface area contributed by atoms with Crippen molar-refractivity contribution in [3.8, 4) is 0 Å². The number of carbonyl (C=O) groups is 1. The lowest BCUT2D eigenvalue weighted by Gasteiger charge is -2.35. The molecule has 1 amide bonds. The second-order valence-corrected chi connectivity index (χ2v) is 9.34. The molecule has 0 aromatic carbocycles. The number of hydrogen-bond donors (Lipinski definition) is 2. The third-order valence-electron chi connectivity index (χ3n) is 5.43. The van der Waals surface area contributed by atoms with Crippen LogP contribution < -0.4 is 10.2 Å². The van der Waals surface area contributed by atoms with Crippen LogP contribution in [0.2, 0.25) is 5.02 Å². The van der Waals surface area contributed by atoms with E-state index in [0.29, 0.717) is 40.1 Å². The van der Waals surface area contributed by atoms with E-state index in [9.17, 15) is 4.79 Å². The second kappa shape index (κ2) is 10.5. The number of aliphatic hydroxyl groups excluding tert-OH is 1. The van der Waals surface area contributed by atoms with Gasteiger partial charge < -0.3 is 15.3 Å². The molecule has 0 saturated carbocycles. The molecule has 33 heavy (non-hydrogen) atoms. The topological polar surface area (TPSA) is 107 Å². The second-order valence-electron chi connectivity index (χ2n) is 7.82. The molecule has 4 heterocycles. The van der Waals surface area contributed by atoms with Gasteiger partial charge in [0.1, 0.15) is 16.5 Å². The van der Waals surface area contributed by atoms with E-state index in [-0.39, 0.29) is 12.5 Å². The maximum Gasteiger partial charge on any atom is 0.267 e. The van der Waals surface area contributed by atoms with Gasteiger partial charge in [0.05, 0.1) is 39.9 Å². The summed E-state index contributed by atoms with van der Waals surface area (Å²) in [5.41, 5.74) is 2.03. The number of aryl methyl sites for hydroxylation is 2. The summed E-state index contributed by atoms with van der Waals surface area (Å²) in [7, 11) is 0. The molecule has 0 atom stereocenters. The molecule has 0 spiro atoms. The highest BCUT2D eigenvalue weighted by atomic mass is 35.5. The highest BCUT2D eigenvalue weighted by Gasteiger charge is 2.19. The molecule has 0 bridgehead atoms. The number of amides is 1. The van der Waals surface area contributed by atoms with E-state index in [0.717, 1.165) is 42.7 Å². The van der Waals surface area contributed by atoms with Crippen LogP contribution in [-0.4, -0.2) is 75.2 Å². The summed E-state index contributed by atoms with van der Waals surface area (Å²) in [6, 6.07) is 3.64. The fourth-order valence-electron chi connectivity index (χ4n) is 3.72. The molecule has 3 aromatic heterocycles. The molecule has 1 aliphatic heterocycles. The fraction of sp³-hybridized carbons (Fsp3) is 0.409. The first-order valence-corrected chi connectivity index (χ1v) is 11.9. The third kappa shape index (κ3) is 5.83. The van der Waals surface area contributed by atoms with Crippen LogP contribution in [0.3, 0.4) is 0 Å². The predicted octanol–water partition coefficient (Wildman–Crippen LogP) is 2.56. The fourth-order valence-corrected chi connectivity index (χ4v) is 4.79. The third-order valence-corrected chi connectivity index (χ3v) is 6.74. The summed E-state index contributed by atoms with van der Waals surface area (Å²) in [4.78, 5) is 35.5. The molecule has 0 unspecified atom stereocenters. The van der Waals surface area contributed by atoms with Crippen LogP contribution in [0, 0.1) is 13.8 Å². The Labute approximate surface area is 201 Å². The lowest BCUT2D eigenvalue weighted by molar-refractivity contribution is 0.103. The van der Waals surface area contributed by atoms with Crippen LogP contribution in [-0.2, 0) is 6.42 Å². The zero-order valence-corrected chi connectivity index (χ0v) is 20.2. The van der Waals surface area contributed by atoms with Gasteiger partial charge in [0.15, 0.2) is 0 Å². The Kier molecular flexibility index (Phi) is 7.49. The summed E-state index contributed by atoms with van der Waals surface area (Å²) in [5, 5.41) is 13.2. The molecule has 9 nitrogen and oxygen atoms in total. The Balaban J connectivity index is 1.43. The van der Waals surface area contributed by atoms with Crippen LogP contribution in [0.5, 0.6) is 0 Å². The number of halogens is 1. The van der Waals surface area contributed by atoms with Crippen molar-refractivity contribution in [2.75, 3.05) is 49.5 Å². The van der Waals surface area contributed by atoms with E-state index in [1.54, 1.807) is 25.4 Å². The maximum atomic E-state index is 12.7. The molecule has 174 valence electrons. The number of hydrogen-bond acceptors (Lipinski definition) is 9. The molecule has 0 radical (unpaired) electrons. The number of nitrogens with one attached hydrogen (secondary N) is 1. The summed E-state index contributed by atoms with van der Waals surface area (Å²) >= 11 is 7.52. The van der Waals surface area contributed by atoms with Crippen molar-refractivity contribution in [1.29, 1.82) is 0 Å². The van der Waals surface area contributed by atoms with Crippen molar-refractivity contribution >= 4 is 40.4 Å². The van der Waals surface area contributed by atoms with Crippen LogP contribution in [0.25, 0.3) is 0 Å². The number of aliphatic hydroxyl groups is 1. The number of rotatable bonds is 7. The first-order chi connectivity index (χ1) is 15.9. The average Bonchev–Trinajstić information content (AvgIpc) is 3.25. The van der Waals surface area contributed by atoms with Crippen molar-refractivity contribution in [3.05, 3.63) is 56.6 Å². The minimum absolute atomic E-state index is 0.180. The molecule has 1 aliphatic rings. The number of anilines is 2. The van der Waals surface area contributed by atoms with Crippen LogP contribution in [0.15, 0.2) is 24.5 Å². The van der Waals surface area contributed by atoms with Gasteiger partial charge in [-0.2, -0.15) is 0 Å². The number of aromatic nitrogens is 4. The van der Waals surface area contributed by atoms with Crippen molar-refractivity contribution in [1.82, 2.24) is 24.8 Å². The molecular weight excluding hydrogens is 462 g/mol. The van der Waals surface area contributed by atoms with Crippen LogP contribution in [0.4, 0.5) is 11.5 Å². The monoisotopic (exact) mass is 487 g/mol. The number of nitrogens with zero attached hydrogens (tertiary/aromatic N) is 6. The predicted molar refractivity (Wildman–Crippen MR) is 129 cm³/mol. The molecule has 0 aliphatic carbocycles. The molecular formula is C22H26ClN7O2S.